The molecule has 2 heterocycles. The molecule has 3 aromatic rings. The molecule has 0 bridgehead atoms. The van der Waals surface area contributed by atoms with Crippen LogP contribution in [-0.2, 0) is 0 Å². The number of rotatable bonds is 3. The Labute approximate surface area is 144 Å². The molecule has 0 radical (unpaired) electrons. The minimum atomic E-state index is -0.276. The summed E-state index contributed by atoms with van der Waals surface area (Å²) >= 11 is 0. The van der Waals surface area contributed by atoms with Crippen LogP contribution in [0, 0.1) is 11.6 Å². The molecular weight excluding hydrogens is 322 g/mol. The van der Waals surface area contributed by atoms with E-state index in [1.807, 2.05) is 12.1 Å². The molecule has 1 saturated heterocycles. The number of H-pyrrole nitrogens is 1. The van der Waals surface area contributed by atoms with E-state index in [1.54, 1.807) is 12.1 Å². The molecular formula is C19H18F2N4. The molecule has 1 aromatic heterocycles. The second kappa shape index (κ2) is 6.63. The molecule has 0 spiro atoms. The molecule has 6 heteroatoms. The standard InChI is InChI=1S/C19H18F2N4/c20-15-5-3-13(4-6-15)18-22-19(24-23-18)14-2-1-11-25(12-14)17-9-7-16(21)8-10-17/h3-10,14H,1-2,11-12H2,(H,22,23,24). The number of nitrogens with zero attached hydrogens (tertiary/aromatic N) is 3. The summed E-state index contributed by atoms with van der Waals surface area (Å²) in [6.45, 7) is 1.75. The fourth-order valence-corrected chi connectivity index (χ4v) is 3.27. The number of hydrogen-bond acceptors (Lipinski definition) is 3. The van der Waals surface area contributed by atoms with Gasteiger partial charge < -0.3 is 4.90 Å². The maximum atomic E-state index is 13.1. The van der Waals surface area contributed by atoms with Crippen LogP contribution < -0.4 is 4.90 Å². The summed E-state index contributed by atoms with van der Waals surface area (Å²) in [5, 5.41) is 7.30. The van der Waals surface area contributed by atoms with Crippen molar-refractivity contribution in [3.8, 4) is 11.4 Å². The minimum absolute atomic E-state index is 0.225. The van der Waals surface area contributed by atoms with Gasteiger partial charge in [0.2, 0.25) is 0 Å². The van der Waals surface area contributed by atoms with E-state index < -0.39 is 0 Å². The van der Waals surface area contributed by atoms with E-state index in [0.717, 1.165) is 43.0 Å². The fraction of sp³-hybridized carbons (Fsp3) is 0.263. The van der Waals surface area contributed by atoms with Crippen LogP contribution in [0.25, 0.3) is 11.4 Å². The summed E-state index contributed by atoms with van der Waals surface area (Å²) in [5.74, 6) is 1.15. The van der Waals surface area contributed by atoms with Gasteiger partial charge in [-0.3, -0.25) is 5.10 Å². The number of anilines is 1. The van der Waals surface area contributed by atoms with Crippen molar-refractivity contribution in [3.63, 3.8) is 0 Å². The van der Waals surface area contributed by atoms with Crippen LogP contribution in [0.5, 0.6) is 0 Å². The van der Waals surface area contributed by atoms with Crippen LogP contribution in [0.2, 0.25) is 0 Å². The Hall–Kier alpha value is -2.76. The highest BCUT2D eigenvalue weighted by atomic mass is 19.1. The van der Waals surface area contributed by atoms with Gasteiger partial charge in [-0.1, -0.05) is 0 Å². The van der Waals surface area contributed by atoms with Crippen molar-refractivity contribution in [3.05, 3.63) is 66.0 Å². The van der Waals surface area contributed by atoms with Gasteiger partial charge in [-0.15, -0.1) is 0 Å². The second-order valence-corrected chi connectivity index (χ2v) is 6.31. The Morgan fingerprint density at radius 3 is 2.36 bits per heavy atom. The van der Waals surface area contributed by atoms with E-state index in [0.29, 0.717) is 5.82 Å². The normalized spacial score (nSPS) is 17.7. The van der Waals surface area contributed by atoms with Crippen LogP contribution in [0.4, 0.5) is 14.5 Å². The van der Waals surface area contributed by atoms with Gasteiger partial charge in [0.1, 0.15) is 17.5 Å². The predicted molar refractivity (Wildman–Crippen MR) is 92.4 cm³/mol. The molecule has 2 aromatic carbocycles. The number of halogens is 2. The molecule has 1 aliphatic heterocycles. The van der Waals surface area contributed by atoms with Gasteiger partial charge in [-0.25, -0.2) is 13.8 Å². The Bertz CT molecular complexity index is 843. The van der Waals surface area contributed by atoms with Crippen molar-refractivity contribution >= 4 is 5.69 Å². The van der Waals surface area contributed by atoms with Gasteiger partial charge in [0.05, 0.1) is 0 Å². The molecule has 1 aliphatic rings. The molecule has 1 unspecified atom stereocenters. The molecule has 0 aliphatic carbocycles. The lowest BCUT2D eigenvalue weighted by Gasteiger charge is -2.33. The van der Waals surface area contributed by atoms with E-state index >= 15 is 0 Å². The SMILES string of the molecule is Fc1ccc(-c2n[nH]c(C3CCCN(c4ccc(F)cc4)C3)n2)cc1. The van der Waals surface area contributed by atoms with E-state index in [2.05, 4.69) is 20.1 Å². The highest BCUT2D eigenvalue weighted by Crippen LogP contribution is 2.29. The largest absolute Gasteiger partial charge is 0.371 e. The van der Waals surface area contributed by atoms with E-state index in [9.17, 15) is 8.78 Å². The average Bonchev–Trinajstić information content (AvgIpc) is 3.13. The van der Waals surface area contributed by atoms with Crippen LogP contribution in [-0.4, -0.2) is 28.3 Å². The van der Waals surface area contributed by atoms with Gasteiger partial charge in [0.15, 0.2) is 5.82 Å². The van der Waals surface area contributed by atoms with Crippen LogP contribution in [0.3, 0.4) is 0 Å². The third-order valence-corrected chi connectivity index (χ3v) is 4.60. The quantitative estimate of drug-likeness (QED) is 0.779. The predicted octanol–water partition coefficient (Wildman–Crippen LogP) is 4.13. The van der Waals surface area contributed by atoms with Gasteiger partial charge in [-0.2, -0.15) is 5.10 Å². The summed E-state index contributed by atoms with van der Waals surface area (Å²) in [5.41, 5.74) is 1.81. The van der Waals surface area contributed by atoms with Gasteiger partial charge in [-0.05, 0) is 61.4 Å². The number of benzene rings is 2. The van der Waals surface area contributed by atoms with Crippen molar-refractivity contribution in [2.75, 3.05) is 18.0 Å². The van der Waals surface area contributed by atoms with Crippen LogP contribution in [0.15, 0.2) is 48.5 Å². The first kappa shape index (κ1) is 15.7. The van der Waals surface area contributed by atoms with Crippen molar-refractivity contribution < 1.29 is 8.78 Å². The monoisotopic (exact) mass is 340 g/mol. The molecule has 4 nitrogen and oxygen atoms in total. The van der Waals surface area contributed by atoms with Crippen LogP contribution in [0.1, 0.15) is 24.6 Å². The average molecular weight is 340 g/mol. The lowest BCUT2D eigenvalue weighted by molar-refractivity contribution is 0.492. The Morgan fingerprint density at radius 1 is 0.960 bits per heavy atom. The smallest absolute Gasteiger partial charge is 0.181 e. The highest BCUT2D eigenvalue weighted by Gasteiger charge is 2.24. The summed E-state index contributed by atoms with van der Waals surface area (Å²) in [7, 11) is 0. The molecule has 25 heavy (non-hydrogen) atoms. The molecule has 0 saturated carbocycles. The Kier molecular flexibility index (Phi) is 4.17. The molecule has 1 fully saturated rings. The minimum Gasteiger partial charge on any atom is -0.371 e. The summed E-state index contributed by atoms with van der Waals surface area (Å²) in [4.78, 5) is 6.84. The number of piperidine rings is 1. The molecule has 1 atom stereocenters. The molecule has 0 amide bonds. The zero-order chi connectivity index (χ0) is 17.2. The summed E-state index contributed by atoms with van der Waals surface area (Å²) in [6, 6.07) is 12.7. The number of aromatic amines is 1. The second-order valence-electron chi connectivity index (χ2n) is 6.31. The van der Waals surface area contributed by atoms with Gasteiger partial charge >= 0.3 is 0 Å². The summed E-state index contributed by atoms with van der Waals surface area (Å²) < 4.78 is 26.2. The van der Waals surface area contributed by atoms with E-state index in [1.165, 1.54) is 24.3 Å². The lowest BCUT2D eigenvalue weighted by atomic mass is 9.97. The first-order valence-corrected chi connectivity index (χ1v) is 8.38. The van der Waals surface area contributed by atoms with Crippen molar-refractivity contribution in [2.45, 2.75) is 18.8 Å². The van der Waals surface area contributed by atoms with Crippen molar-refractivity contribution in [2.24, 2.45) is 0 Å². The first-order valence-electron chi connectivity index (χ1n) is 8.38. The van der Waals surface area contributed by atoms with E-state index in [-0.39, 0.29) is 17.6 Å². The lowest BCUT2D eigenvalue weighted by Crippen LogP contribution is -2.34. The highest BCUT2D eigenvalue weighted by molar-refractivity contribution is 5.54. The third-order valence-electron chi connectivity index (χ3n) is 4.60. The van der Waals surface area contributed by atoms with Gasteiger partial charge in [0.25, 0.3) is 0 Å². The van der Waals surface area contributed by atoms with Gasteiger partial charge in [0, 0.05) is 30.3 Å². The third kappa shape index (κ3) is 3.38. The maximum Gasteiger partial charge on any atom is 0.181 e. The Balaban J connectivity index is 1.51. The molecule has 1 N–H and O–H groups in total. The zero-order valence-electron chi connectivity index (χ0n) is 13.6. The summed E-state index contributed by atoms with van der Waals surface area (Å²) in [6.07, 6.45) is 2.06. The van der Waals surface area contributed by atoms with Crippen LogP contribution >= 0.6 is 0 Å². The van der Waals surface area contributed by atoms with Crippen molar-refractivity contribution in [1.29, 1.82) is 0 Å². The topological polar surface area (TPSA) is 44.8 Å². The zero-order valence-corrected chi connectivity index (χ0v) is 13.6. The van der Waals surface area contributed by atoms with Crippen molar-refractivity contribution in [1.82, 2.24) is 15.2 Å². The number of hydrogen-bond donors (Lipinski definition) is 1. The van der Waals surface area contributed by atoms with E-state index in [4.69, 9.17) is 0 Å². The maximum absolute atomic E-state index is 13.1. The fourth-order valence-electron chi connectivity index (χ4n) is 3.27. The number of aromatic nitrogens is 3. The molecule has 128 valence electrons. The first-order chi connectivity index (χ1) is 12.2. The Morgan fingerprint density at radius 2 is 1.64 bits per heavy atom. The number of nitrogens with one attached hydrogen (secondary N) is 1. The molecule has 4 rings (SSSR count).